The Morgan fingerprint density at radius 1 is 1.38 bits per heavy atom. The minimum atomic E-state index is 0.582. The molecule has 0 radical (unpaired) electrons. The van der Waals surface area contributed by atoms with Crippen LogP contribution in [0.4, 0.5) is 0 Å². The quantitative estimate of drug-likeness (QED) is 0.814. The number of hydrogen-bond donors (Lipinski definition) is 1. The van der Waals surface area contributed by atoms with E-state index in [-0.39, 0.29) is 0 Å². The molecule has 1 N–H and O–H groups in total. The molecular weight excluding hydrogens is 196 g/mol. The van der Waals surface area contributed by atoms with Gasteiger partial charge in [0.05, 0.1) is 0 Å². The number of likely N-dealkylation sites (N-methyl/N-ethyl adjacent to an activating group) is 1. The van der Waals surface area contributed by atoms with Crippen molar-refractivity contribution in [3.8, 4) is 0 Å². The number of aryl methyl sites for hydroxylation is 1. The van der Waals surface area contributed by atoms with Gasteiger partial charge in [-0.05, 0) is 38.4 Å². The van der Waals surface area contributed by atoms with E-state index in [9.17, 15) is 0 Å². The average molecular weight is 218 g/mol. The van der Waals surface area contributed by atoms with E-state index in [2.05, 4.69) is 55.4 Å². The molecule has 0 aromatic heterocycles. The Kier molecular flexibility index (Phi) is 3.62. The fraction of sp³-hybridized carbons (Fsp3) is 0.571. The highest BCUT2D eigenvalue weighted by molar-refractivity contribution is 5.26. The largest absolute Gasteiger partial charge is 0.311 e. The van der Waals surface area contributed by atoms with Crippen LogP contribution >= 0.6 is 0 Å². The van der Waals surface area contributed by atoms with Gasteiger partial charge in [0.15, 0.2) is 0 Å². The summed E-state index contributed by atoms with van der Waals surface area (Å²) in [6, 6.07) is 9.92. The van der Waals surface area contributed by atoms with Crippen molar-refractivity contribution < 1.29 is 0 Å². The van der Waals surface area contributed by atoms with E-state index in [1.165, 1.54) is 11.1 Å². The summed E-state index contributed by atoms with van der Waals surface area (Å²) in [4.78, 5) is 2.48. The number of hydrogen-bond acceptors (Lipinski definition) is 2. The zero-order valence-electron chi connectivity index (χ0n) is 10.5. The van der Waals surface area contributed by atoms with Crippen molar-refractivity contribution in [2.45, 2.75) is 32.4 Å². The number of nitrogens with one attached hydrogen (secondary N) is 1. The molecule has 2 nitrogen and oxygen atoms in total. The second kappa shape index (κ2) is 4.98. The summed E-state index contributed by atoms with van der Waals surface area (Å²) in [6.07, 6.45) is 1.15. The molecule has 0 bridgehead atoms. The van der Waals surface area contributed by atoms with Gasteiger partial charge in [-0.25, -0.2) is 0 Å². The summed E-state index contributed by atoms with van der Waals surface area (Å²) in [6.45, 7) is 6.76. The lowest BCUT2D eigenvalue weighted by Gasteiger charge is -2.38. The van der Waals surface area contributed by atoms with Crippen LogP contribution in [0.15, 0.2) is 24.3 Å². The Morgan fingerprint density at radius 2 is 2.12 bits per heavy atom. The van der Waals surface area contributed by atoms with Gasteiger partial charge in [-0.1, -0.05) is 24.3 Å². The standard InChI is InChI=1S/C14H22N2/c1-11-6-4-5-7-13(11)10-14-12(2)15-8-9-16(14)3/h4-7,12,14-15H,8-10H2,1-3H3. The van der Waals surface area contributed by atoms with Gasteiger partial charge in [0.25, 0.3) is 0 Å². The number of rotatable bonds is 2. The van der Waals surface area contributed by atoms with Crippen molar-refractivity contribution in [1.82, 2.24) is 10.2 Å². The molecule has 2 unspecified atom stereocenters. The van der Waals surface area contributed by atoms with Crippen LogP contribution in [0.3, 0.4) is 0 Å². The second-order valence-electron chi connectivity index (χ2n) is 4.92. The highest BCUT2D eigenvalue weighted by atomic mass is 15.2. The Hall–Kier alpha value is -0.860. The molecule has 88 valence electrons. The molecule has 0 amide bonds. The first-order valence-corrected chi connectivity index (χ1v) is 6.16. The zero-order valence-corrected chi connectivity index (χ0v) is 10.5. The normalized spacial score (nSPS) is 26.9. The minimum absolute atomic E-state index is 0.582. The molecule has 2 heteroatoms. The third-order valence-electron chi connectivity index (χ3n) is 3.76. The van der Waals surface area contributed by atoms with Crippen molar-refractivity contribution in [1.29, 1.82) is 0 Å². The van der Waals surface area contributed by atoms with Gasteiger partial charge in [0, 0.05) is 25.2 Å². The van der Waals surface area contributed by atoms with Crippen LogP contribution in [0.5, 0.6) is 0 Å². The molecule has 1 aromatic rings. The molecule has 2 rings (SSSR count). The maximum Gasteiger partial charge on any atom is 0.0284 e. The minimum Gasteiger partial charge on any atom is -0.311 e. The van der Waals surface area contributed by atoms with Crippen molar-refractivity contribution >= 4 is 0 Å². The van der Waals surface area contributed by atoms with Crippen LogP contribution in [0.2, 0.25) is 0 Å². The maximum atomic E-state index is 3.56. The van der Waals surface area contributed by atoms with Gasteiger partial charge < -0.3 is 10.2 Å². The number of nitrogens with zero attached hydrogens (tertiary/aromatic N) is 1. The zero-order chi connectivity index (χ0) is 11.5. The summed E-state index contributed by atoms with van der Waals surface area (Å²) in [5.41, 5.74) is 2.89. The van der Waals surface area contributed by atoms with Crippen LogP contribution in [-0.4, -0.2) is 37.1 Å². The van der Waals surface area contributed by atoms with Crippen LogP contribution in [0, 0.1) is 6.92 Å². The molecule has 2 atom stereocenters. The Balaban J connectivity index is 2.11. The second-order valence-corrected chi connectivity index (χ2v) is 4.92. The Bertz CT molecular complexity index is 338. The fourth-order valence-corrected chi connectivity index (χ4v) is 2.55. The predicted octanol–water partition coefficient (Wildman–Crippen LogP) is 1.83. The number of piperazine rings is 1. The average Bonchev–Trinajstić information content (AvgIpc) is 2.26. The summed E-state index contributed by atoms with van der Waals surface area (Å²) >= 11 is 0. The highest BCUT2D eigenvalue weighted by Crippen LogP contribution is 2.16. The van der Waals surface area contributed by atoms with E-state index in [1.54, 1.807) is 0 Å². The first-order chi connectivity index (χ1) is 7.68. The van der Waals surface area contributed by atoms with Crippen molar-refractivity contribution in [3.63, 3.8) is 0 Å². The SMILES string of the molecule is Cc1ccccc1CC1C(C)NCCN1C. The molecular formula is C14H22N2. The third-order valence-corrected chi connectivity index (χ3v) is 3.76. The molecule has 0 saturated carbocycles. The lowest BCUT2D eigenvalue weighted by atomic mass is 9.95. The highest BCUT2D eigenvalue weighted by Gasteiger charge is 2.25. The molecule has 1 saturated heterocycles. The molecule has 1 fully saturated rings. The number of benzene rings is 1. The fourth-order valence-electron chi connectivity index (χ4n) is 2.55. The van der Waals surface area contributed by atoms with Gasteiger partial charge >= 0.3 is 0 Å². The van der Waals surface area contributed by atoms with Gasteiger partial charge in [-0.15, -0.1) is 0 Å². The summed E-state index contributed by atoms with van der Waals surface area (Å²) in [7, 11) is 2.24. The van der Waals surface area contributed by atoms with E-state index in [1.807, 2.05) is 0 Å². The van der Waals surface area contributed by atoms with E-state index in [0.29, 0.717) is 12.1 Å². The third kappa shape index (κ3) is 2.45. The van der Waals surface area contributed by atoms with Gasteiger partial charge in [0.2, 0.25) is 0 Å². The molecule has 0 spiro atoms. The molecule has 0 aliphatic carbocycles. The van der Waals surface area contributed by atoms with Crippen molar-refractivity contribution in [3.05, 3.63) is 35.4 Å². The van der Waals surface area contributed by atoms with E-state index in [0.717, 1.165) is 19.5 Å². The maximum absolute atomic E-state index is 3.56. The predicted molar refractivity (Wildman–Crippen MR) is 68.8 cm³/mol. The van der Waals surface area contributed by atoms with Crippen LogP contribution in [0.1, 0.15) is 18.1 Å². The van der Waals surface area contributed by atoms with Crippen molar-refractivity contribution in [2.75, 3.05) is 20.1 Å². The monoisotopic (exact) mass is 218 g/mol. The van der Waals surface area contributed by atoms with Crippen LogP contribution in [-0.2, 0) is 6.42 Å². The molecule has 16 heavy (non-hydrogen) atoms. The van der Waals surface area contributed by atoms with E-state index in [4.69, 9.17) is 0 Å². The lowest BCUT2D eigenvalue weighted by Crippen LogP contribution is -2.56. The van der Waals surface area contributed by atoms with Crippen LogP contribution < -0.4 is 5.32 Å². The van der Waals surface area contributed by atoms with Gasteiger partial charge in [-0.3, -0.25) is 0 Å². The topological polar surface area (TPSA) is 15.3 Å². The van der Waals surface area contributed by atoms with E-state index < -0.39 is 0 Å². The summed E-state index contributed by atoms with van der Waals surface area (Å²) in [5.74, 6) is 0. The summed E-state index contributed by atoms with van der Waals surface area (Å²) in [5, 5.41) is 3.56. The van der Waals surface area contributed by atoms with Gasteiger partial charge in [-0.2, -0.15) is 0 Å². The molecule has 1 aliphatic rings. The van der Waals surface area contributed by atoms with Gasteiger partial charge in [0.1, 0.15) is 0 Å². The molecule has 1 aliphatic heterocycles. The molecule has 1 heterocycles. The first kappa shape index (κ1) is 11.6. The molecule has 1 aromatic carbocycles. The lowest BCUT2D eigenvalue weighted by molar-refractivity contribution is 0.157. The Labute approximate surface area is 98.7 Å². The first-order valence-electron chi connectivity index (χ1n) is 6.16. The van der Waals surface area contributed by atoms with E-state index >= 15 is 0 Å². The van der Waals surface area contributed by atoms with Crippen LogP contribution in [0.25, 0.3) is 0 Å². The Morgan fingerprint density at radius 3 is 2.81 bits per heavy atom. The summed E-state index contributed by atoms with van der Waals surface area (Å²) < 4.78 is 0. The smallest absolute Gasteiger partial charge is 0.0284 e. The van der Waals surface area contributed by atoms with Crippen molar-refractivity contribution in [2.24, 2.45) is 0 Å².